The molecule has 3 heteroatoms. The van der Waals surface area contributed by atoms with Crippen LogP contribution in [0.5, 0.6) is 0 Å². The van der Waals surface area contributed by atoms with E-state index in [1.807, 2.05) is 0 Å². The van der Waals surface area contributed by atoms with Gasteiger partial charge in [0.05, 0.1) is 0 Å². The average molecular weight is 272 g/mol. The first kappa shape index (κ1) is 13.6. The monoisotopic (exact) mass is 272 g/mol. The maximum atomic E-state index is 11.4. The van der Waals surface area contributed by atoms with E-state index in [0.717, 1.165) is 23.9 Å². The average Bonchev–Trinajstić information content (AvgIpc) is 2.86. The molecule has 1 fully saturated rings. The van der Waals surface area contributed by atoms with Crippen LogP contribution in [0.25, 0.3) is 0 Å². The van der Waals surface area contributed by atoms with E-state index in [0.29, 0.717) is 12.5 Å². The van der Waals surface area contributed by atoms with E-state index in [1.165, 1.54) is 30.4 Å². The Bertz CT molecular complexity index is 512. The van der Waals surface area contributed by atoms with E-state index in [9.17, 15) is 4.79 Å². The molecule has 1 aliphatic carbocycles. The maximum Gasteiger partial charge on any atom is 0.224 e. The number of carbonyl (C=O) groups excluding carboxylic acids is 1. The van der Waals surface area contributed by atoms with Crippen molar-refractivity contribution in [3.8, 4) is 0 Å². The summed E-state index contributed by atoms with van der Waals surface area (Å²) in [5.74, 6) is 1.67. The summed E-state index contributed by atoms with van der Waals surface area (Å²) in [7, 11) is 2.07. The van der Waals surface area contributed by atoms with Gasteiger partial charge >= 0.3 is 0 Å². The molecule has 2 aliphatic rings. The van der Waals surface area contributed by atoms with Crippen molar-refractivity contribution in [2.24, 2.45) is 11.8 Å². The van der Waals surface area contributed by atoms with Gasteiger partial charge in [-0.2, -0.15) is 0 Å². The van der Waals surface area contributed by atoms with Crippen LogP contribution in [0.1, 0.15) is 49.8 Å². The summed E-state index contributed by atoms with van der Waals surface area (Å²) >= 11 is 0. The van der Waals surface area contributed by atoms with Crippen molar-refractivity contribution in [2.45, 2.75) is 45.1 Å². The molecule has 2 N–H and O–H groups in total. The summed E-state index contributed by atoms with van der Waals surface area (Å²) in [6, 6.07) is 6.99. The third-order valence-corrected chi connectivity index (χ3v) is 5.05. The zero-order valence-electron chi connectivity index (χ0n) is 12.4. The molecular formula is C17H24N2O. The SMILES string of the molecule is CNC(c1ccc2c(c1)CCC(=O)N2)C1CCCC1C. The molecular weight excluding hydrogens is 248 g/mol. The molecule has 0 spiro atoms. The van der Waals surface area contributed by atoms with Gasteiger partial charge in [0, 0.05) is 18.2 Å². The zero-order chi connectivity index (χ0) is 14.1. The largest absolute Gasteiger partial charge is 0.326 e. The minimum absolute atomic E-state index is 0.139. The number of amides is 1. The lowest BCUT2D eigenvalue weighted by Gasteiger charge is -2.28. The highest BCUT2D eigenvalue weighted by Gasteiger charge is 2.31. The van der Waals surface area contributed by atoms with Crippen molar-refractivity contribution >= 4 is 11.6 Å². The quantitative estimate of drug-likeness (QED) is 0.886. The molecule has 20 heavy (non-hydrogen) atoms. The highest BCUT2D eigenvalue weighted by Crippen LogP contribution is 2.40. The topological polar surface area (TPSA) is 41.1 Å². The molecule has 0 aromatic heterocycles. The highest BCUT2D eigenvalue weighted by molar-refractivity contribution is 5.93. The van der Waals surface area contributed by atoms with Gasteiger partial charge < -0.3 is 10.6 Å². The van der Waals surface area contributed by atoms with E-state index in [1.54, 1.807) is 0 Å². The number of rotatable bonds is 3. The first-order valence-electron chi connectivity index (χ1n) is 7.79. The van der Waals surface area contributed by atoms with Crippen LogP contribution in [0.3, 0.4) is 0 Å². The molecule has 3 nitrogen and oxygen atoms in total. The number of hydrogen-bond donors (Lipinski definition) is 2. The Kier molecular flexibility index (Phi) is 3.79. The number of carbonyl (C=O) groups is 1. The molecule has 3 atom stereocenters. The number of benzene rings is 1. The Hall–Kier alpha value is -1.35. The second-order valence-electron chi connectivity index (χ2n) is 6.30. The molecule has 0 radical (unpaired) electrons. The molecule has 0 saturated heterocycles. The summed E-state index contributed by atoms with van der Waals surface area (Å²) in [4.78, 5) is 11.4. The van der Waals surface area contributed by atoms with Gasteiger partial charge in [-0.25, -0.2) is 0 Å². The van der Waals surface area contributed by atoms with E-state index in [2.05, 4.69) is 42.8 Å². The minimum atomic E-state index is 0.139. The summed E-state index contributed by atoms with van der Waals surface area (Å²) in [5.41, 5.74) is 3.66. The number of anilines is 1. The first-order valence-corrected chi connectivity index (χ1v) is 7.79. The molecule has 1 saturated carbocycles. The van der Waals surface area contributed by atoms with Gasteiger partial charge in [0.2, 0.25) is 5.91 Å². The van der Waals surface area contributed by atoms with Crippen molar-refractivity contribution in [3.05, 3.63) is 29.3 Å². The van der Waals surface area contributed by atoms with Gasteiger partial charge in [0.15, 0.2) is 0 Å². The molecule has 1 amide bonds. The Morgan fingerprint density at radius 3 is 2.85 bits per heavy atom. The molecule has 1 heterocycles. The Labute approximate surface area is 121 Å². The Balaban J connectivity index is 1.87. The van der Waals surface area contributed by atoms with Crippen LogP contribution in [-0.4, -0.2) is 13.0 Å². The summed E-state index contributed by atoms with van der Waals surface area (Å²) < 4.78 is 0. The second kappa shape index (κ2) is 5.57. The number of fused-ring (bicyclic) bond motifs is 1. The predicted molar refractivity (Wildman–Crippen MR) is 81.7 cm³/mol. The summed E-state index contributed by atoms with van der Waals surface area (Å²) in [6.07, 6.45) is 5.50. The van der Waals surface area contributed by atoms with Crippen LogP contribution in [0, 0.1) is 11.8 Å². The lowest BCUT2D eigenvalue weighted by molar-refractivity contribution is -0.116. The van der Waals surface area contributed by atoms with E-state index in [4.69, 9.17) is 0 Å². The number of hydrogen-bond acceptors (Lipinski definition) is 2. The van der Waals surface area contributed by atoms with Gasteiger partial charge in [-0.15, -0.1) is 0 Å². The normalized spacial score (nSPS) is 27.0. The second-order valence-corrected chi connectivity index (χ2v) is 6.30. The maximum absolute atomic E-state index is 11.4. The summed E-state index contributed by atoms with van der Waals surface area (Å²) in [5, 5.41) is 6.48. The molecule has 3 unspecified atom stereocenters. The van der Waals surface area contributed by atoms with Gasteiger partial charge in [-0.05, 0) is 48.9 Å². The van der Waals surface area contributed by atoms with Crippen LogP contribution in [0.15, 0.2) is 18.2 Å². The fourth-order valence-corrected chi connectivity index (χ4v) is 3.89. The molecule has 0 bridgehead atoms. The lowest BCUT2D eigenvalue weighted by atomic mass is 9.85. The molecule has 1 aromatic rings. The first-order chi connectivity index (χ1) is 9.69. The predicted octanol–water partition coefficient (Wildman–Crippen LogP) is 3.27. The third kappa shape index (κ3) is 2.47. The smallest absolute Gasteiger partial charge is 0.224 e. The number of aryl methyl sites for hydroxylation is 1. The fraction of sp³-hybridized carbons (Fsp3) is 0.588. The van der Waals surface area contributed by atoms with E-state index >= 15 is 0 Å². The Morgan fingerprint density at radius 2 is 2.15 bits per heavy atom. The zero-order valence-corrected chi connectivity index (χ0v) is 12.4. The van der Waals surface area contributed by atoms with Crippen molar-refractivity contribution in [3.63, 3.8) is 0 Å². The van der Waals surface area contributed by atoms with E-state index in [-0.39, 0.29) is 5.91 Å². The van der Waals surface area contributed by atoms with Gasteiger partial charge in [0.1, 0.15) is 0 Å². The molecule has 1 aromatic carbocycles. The van der Waals surface area contributed by atoms with Crippen molar-refractivity contribution in [1.82, 2.24) is 5.32 Å². The van der Waals surface area contributed by atoms with Crippen molar-refractivity contribution < 1.29 is 4.79 Å². The van der Waals surface area contributed by atoms with Gasteiger partial charge in [0.25, 0.3) is 0 Å². The third-order valence-electron chi connectivity index (χ3n) is 5.05. The minimum Gasteiger partial charge on any atom is -0.326 e. The van der Waals surface area contributed by atoms with E-state index < -0.39 is 0 Å². The highest BCUT2D eigenvalue weighted by atomic mass is 16.1. The fourth-order valence-electron chi connectivity index (χ4n) is 3.89. The Morgan fingerprint density at radius 1 is 1.30 bits per heavy atom. The molecule has 108 valence electrons. The lowest BCUT2D eigenvalue weighted by Crippen LogP contribution is -2.27. The summed E-state index contributed by atoms with van der Waals surface area (Å²) in [6.45, 7) is 2.38. The van der Waals surface area contributed by atoms with Crippen LogP contribution in [-0.2, 0) is 11.2 Å². The van der Waals surface area contributed by atoms with Crippen LogP contribution in [0.2, 0.25) is 0 Å². The van der Waals surface area contributed by atoms with Crippen LogP contribution in [0.4, 0.5) is 5.69 Å². The van der Waals surface area contributed by atoms with Crippen molar-refractivity contribution in [1.29, 1.82) is 0 Å². The van der Waals surface area contributed by atoms with Gasteiger partial charge in [-0.1, -0.05) is 31.9 Å². The molecule has 1 aliphatic heterocycles. The number of nitrogens with one attached hydrogen (secondary N) is 2. The van der Waals surface area contributed by atoms with Gasteiger partial charge in [-0.3, -0.25) is 4.79 Å². The molecule has 3 rings (SSSR count). The standard InChI is InChI=1S/C17H24N2O/c1-11-4-3-5-14(11)17(18-2)13-6-8-15-12(10-13)7-9-16(20)19-15/h6,8,10-11,14,17-18H,3-5,7,9H2,1-2H3,(H,19,20). The van der Waals surface area contributed by atoms with Crippen molar-refractivity contribution in [2.75, 3.05) is 12.4 Å². The van der Waals surface area contributed by atoms with Crippen LogP contribution >= 0.6 is 0 Å². The van der Waals surface area contributed by atoms with Crippen LogP contribution < -0.4 is 10.6 Å².